The highest BCUT2D eigenvalue weighted by Crippen LogP contribution is 2.36. The Morgan fingerprint density at radius 1 is 0.786 bits per heavy atom. The molecule has 10 heteroatoms. The van der Waals surface area contributed by atoms with Crippen molar-refractivity contribution in [1.29, 1.82) is 0 Å². The van der Waals surface area contributed by atoms with Crippen LogP contribution in [0.2, 0.25) is 0 Å². The zero-order chi connectivity index (χ0) is 30.4. The normalized spacial score (nSPS) is 10.7. The van der Waals surface area contributed by atoms with Gasteiger partial charge >= 0.3 is 0 Å². The molecule has 0 aliphatic heterocycles. The van der Waals surface area contributed by atoms with E-state index in [0.29, 0.717) is 5.75 Å². The molecule has 42 heavy (non-hydrogen) atoms. The first-order valence-electron chi connectivity index (χ1n) is 12.4. The van der Waals surface area contributed by atoms with Crippen molar-refractivity contribution in [3.05, 3.63) is 106 Å². The summed E-state index contributed by atoms with van der Waals surface area (Å²) in [5, 5.41) is 48.3. The summed E-state index contributed by atoms with van der Waals surface area (Å²) in [5.41, 5.74) is 0.674. The second-order valence-corrected chi connectivity index (χ2v) is 8.82. The van der Waals surface area contributed by atoms with Crippen molar-refractivity contribution in [2.45, 2.75) is 0 Å². The van der Waals surface area contributed by atoms with Gasteiger partial charge in [0.25, 0.3) is 0 Å². The Morgan fingerprint density at radius 3 is 2.19 bits per heavy atom. The van der Waals surface area contributed by atoms with Crippen LogP contribution in [0, 0.1) is 0 Å². The summed E-state index contributed by atoms with van der Waals surface area (Å²) >= 11 is 0. The third-order valence-corrected chi connectivity index (χ3v) is 6.07. The molecule has 0 aliphatic rings. The van der Waals surface area contributed by atoms with Gasteiger partial charge in [-0.05, 0) is 42.0 Å². The zero-order valence-corrected chi connectivity index (χ0v) is 22.4. The zero-order valence-electron chi connectivity index (χ0n) is 22.4. The third kappa shape index (κ3) is 6.28. The Kier molecular flexibility index (Phi) is 8.67. The van der Waals surface area contributed by atoms with Crippen LogP contribution >= 0.6 is 0 Å². The number of rotatable bonds is 6. The lowest BCUT2D eigenvalue weighted by Gasteiger charge is -2.10. The maximum atomic E-state index is 12.3. The van der Waals surface area contributed by atoms with Crippen LogP contribution in [0.4, 0.5) is 0 Å². The number of benzene rings is 4. The predicted octanol–water partition coefficient (Wildman–Crippen LogP) is 5.59. The van der Waals surface area contributed by atoms with E-state index in [1.807, 2.05) is 30.3 Å². The standard InChI is InChI=1S/C17H16O4.C15H10O6/c1-20-13-10-15(19)17(16(11-13)21-2)14(18)9-8-12-6-4-3-5-7-12;16-8-2-3-9-12(6-8)21-15(14(20)13(9)19)7-1-4-10(17)11(18)5-7/h3-11,19H,1-2H3;1-6,16-18,20H. The summed E-state index contributed by atoms with van der Waals surface area (Å²) in [6.07, 6.45) is 3.09. The van der Waals surface area contributed by atoms with Crippen molar-refractivity contribution in [2.75, 3.05) is 14.2 Å². The van der Waals surface area contributed by atoms with Crippen molar-refractivity contribution in [3.8, 4) is 51.6 Å². The first-order valence-corrected chi connectivity index (χ1v) is 12.4. The number of phenols is 4. The van der Waals surface area contributed by atoms with Crippen LogP contribution in [0.1, 0.15) is 15.9 Å². The Balaban J connectivity index is 0.000000193. The van der Waals surface area contributed by atoms with Gasteiger partial charge < -0.3 is 39.4 Å². The van der Waals surface area contributed by atoms with Crippen LogP contribution in [0.25, 0.3) is 28.4 Å². The molecular formula is C32H26O10. The van der Waals surface area contributed by atoms with Crippen LogP contribution in [-0.2, 0) is 0 Å². The fraction of sp³-hybridized carbons (Fsp3) is 0.0625. The second kappa shape index (κ2) is 12.5. The largest absolute Gasteiger partial charge is 0.508 e. The number of methoxy groups -OCH3 is 2. The molecule has 0 fully saturated rings. The van der Waals surface area contributed by atoms with Gasteiger partial charge in [0.05, 0.1) is 19.6 Å². The van der Waals surface area contributed by atoms with Gasteiger partial charge in [0.2, 0.25) is 11.2 Å². The van der Waals surface area contributed by atoms with Crippen LogP contribution in [0.15, 0.2) is 94.2 Å². The fourth-order valence-electron chi connectivity index (χ4n) is 3.95. The number of phenolic OH excluding ortho intramolecular Hbond substituents is 4. The van der Waals surface area contributed by atoms with Crippen molar-refractivity contribution in [3.63, 3.8) is 0 Å². The molecule has 1 aromatic heterocycles. The highest BCUT2D eigenvalue weighted by Gasteiger charge is 2.18. The summed E-state index contributed by atoms with van der Waals surface area (Å²) in [7, 11) is 2.91. The van der Waals surface area contributed by atoms with Crippen LogP contribution in [0.3, 0.4) is 0 Å². The summed E-state index contributed by atoms with van der Waals surface area (Å²) in [5.74, 6) is -1.42. The van der Waals surface area contributed by atoms with E-state index in [2.05, 4.69) is 0 Å². The quantitative estimate of drug-likeness (QED) is 0.0986. The molecule has 0 aliphatic carbocycles. The van der Waals surface area contributed by atoms with Gasteiger partial charge in [0.1, 0.15) is 34.1 Å². The molecule has 0 amide bonds. The van der Waals surface area contributed by atoms with E-state index < -0.39 is 16.9 Å². The number of allylic oxidation sites excluding steroid dienone is 1. The number of aromatic hydroxyl groups is 5. The Hall–Kier alpha value is -5.90. The maximum absolute atomic E-state index is 12.3. The summed E-state index contributed by atoms with van der Waals surface area (Å²) in [6, 6.07) is 20.0. The maximum Gasteiger partial charge on any atom is 0.235 e. The number of hydrogen-bond acceptors (Lipinski definition) is 10. The molecule has 5 rings (SSSR count). The number of fused-ring (bicyclic) bond motifs is 1. The number of carbonyl (C=O) groups excluding carboxylic acids is 1. The van der Waals surface area contributed by atoms with Crippen molar-refractivity contribution in [2.24, 2.45) is 0 Å². The van der Waals surface area contributed by atoms with Gasteiger partial charge in [0, 0.05) is 23.8 Å². The molecule has 0 unspecified atom stereocenters. The van der Waals surface area contributed by atoms with Crippen LogP contribution in [-0.4, -0.2) is 45.5 Å². The van der Waals surface area contributed by atoms with Crippen molar-refractivity contribution >= 4 is 22.8 Å². The van der Waals surface area contributed by atoms with E-state index in [0.717, 1.165) is 11.6 Å². The lowest BCUT2D eigenvalue weighted by Crippen LogP contribution is -2.02. The summed E-state index contributed by atoms with van der Waals surface area (Å²) < 4.78 is 15.6. The first kappa shape index (κ1) is 29.1. The molecule has 214 valence electrons. The molecule has 5 N–H and O–H groups in total. The molecule has 0 saturated heterocycles. The topological polar surface area (TPSA) is 167 Å². The average molecular weight is 571 g/mol. The van der Waals surface area contributed by atoms with Crippen molar-refractivity contribution < 1.29 is 44.2 Å². The molecule has 1 heterocycles. The summed E-state index contributed by atoms with van der Waals surface area (Å²) in [6.45, 7) is 0. The predicted molar refractivity (Wildman–Crippen MR) is 156 cm³/mol. The molecule has 10 nitrogen and oxygen atoms in total. The molecular weight excluding hydrogens is 544 g/mol. The van der Waals surface area contributed by atoms with E-state index in [9.17, 15) is 35.1 Å². The molecule has 4 aromatic carbocycles. The lowest BCUT2D eigenvalue weighted by molar-refractivity contribution is 0.104. The second-order valence-electron chi connectivity index (χ2n) is 8.82. The Bertz CT molecular complexity index is 1840. The minimum atomic E-state index is -0.654. The van der Waals surface area contributed by atoms with Gasteiger partial charge in [-0.1, -0.05) is 36.4 Å². The lowest BCUT2D eigenvalue weighted by atomic mass is 10.1. The molecule has 0 spiro atoms. The first-order chi connectivity index (χ1) is 20.1. The van der Waals surface area contributed by atoms with E-state index in [-0.39, 0.29) is 56.6 Å². The van der Waals surface area contributed by atoms with E-state index in [1.165, 1.54) is 56.7 Å². The fourth-order valence-corrected chi connectivity index (χ4v) is 3.95. The smallest absolute Gasteiger partial charge is 0.235 e. The van der Waals surface area contributed by atoms with Crippen LogP contribution < -0.4 is 14.9 Å². The molecule has 0 atom stereocenters. The number of ether oxygens (including phenoxy) is 2. The summed E-state index contributed by atoms with van der Waals surface area (Å²) in [4.78, 5) is 24.3. The highest BCUT2D eigenvalue weighted by molar-refractivity contribution is 6.10. The van der Waals surface area contributed by atoms with Gasteiger partial charge in [0.15, 0.2) is 23.0 Å². The van der Waals surface area contributed by atoms with E-state index >= 15 is 0 Å². The van der Waals surface area contributed by atoms with Gasteiger partial charge in [-0.25, -0.2) is 0 Å². The third-order valence-electron chi connectivity index (χ3n) is 6.07. The minimum absolute atomic E-state index is 0.0872. The number of hydrogen-bond donors (Lipinski definition) is 5. The van der Waals surface area contributed by atoms with E-state index in [4.69, 9.17) is 13.9 Å². The number of carbonyl (C=O) groups is 1. The highest BCUT2D eigenvalue weighted by atomic mass is 16.5. The van der Waals surface area contributed by atoms with E-state index in [1.54, 1.807) is 12.1 Å². The minimum Gasteiger partial charge on any atom is -0.508 e. The SMILES string of the molecule is COc1cc(O)c(C(=O)C=Cc2ccccc2)c(OC)c1.O=c1c(O)c(-c2ccc(O)c(O)c2)oc2cc(O)ccc12. The Morgan fingerprint density at radius 2 is 1.52 bits per heavy atom. The van der Waals surface area contributed by atoms with Crippen molar-refractivity contribution in [1.82, 2.24) is 0 Å². The Labute approximate surface area is 239 Å². The van der Waals surface area contributed by atoms with Gasteiger partial charge in [-0.15, -0.1) is 0 Å². The van der Waals surface area contributed by atoms with Gasteiger partial charge in [-0.3, -0.25) is 9.59 Å². The monoisotopic (exact) mass is 570 g/mol. The molecule has 5 aromatic rings. The molecule has 0 bridgehead atoms. The number of ketones is 1. The van der Waals surface area contributed by atoms with Gasteiger partial charge in [-0.2, -0.15) is 0 Å². The molecule has 0 saturated carbocycles. The molecule has 0 radical (unpaired) electrons. The average Bonchev–Trinajstić information content (AvgIpc) is 2.99. The van der Waals surface area contributed by atoms with Crippen LogP contribution in [0.5, 0.6) is 40.2 Å².